The molecule has 1 heteroatoms. The maximum absolute atomic E-state index is 4.37. The minimum atomic E-state index is 0.448. The van der Waals surface area contributed by atoms with Crippen molar-refractivity contribution in [2.45, 2.75) is 24.7 Å². The number of nitrogens with zero attached hydrogens (tertiary/aromatic N) is 1. The van der Waals surface area contributed by atoms with Crippen molar-refractivity contribution in [3.63, 3.8) is 0 Å². The van der Waals surface area contributed by atoms with Crippen LogP contribution in [-0.4, -0.2) is 4.98 Å². The topological polar surface area (TPSA) is 12.9 Å². The van der Waals surface area contributed by atoms with Crippen LogP contribution in [0.1, 0.15) is 40.5 Å². The van der Waals surface area contributed by atoms with Crippen molar-refractivity contribution in [2.75, 3.05) is 0 Å². The first-order valence-electron chi connectivity index (χ1n) is 7.94. The number of fused-ring (bicyclic) bond motifs is 1. The third kappa shape index (κ3) is 2.43. The molecule has 2 aromatic carbocycles. The van der Waals surface area contributed by atoms with E-state index in [1.807, 2.05) is 6.20 Å². The van der Waals surface area contributed by atoms with Gasteiger partial charge in [0, 0.05) is 18.3 Å². The van der Waals surface area contributed by atoms with Gasteiger partial charge in [-0.25, -0.2) is 0 Å². The van der Waals surface area contributed by atoms with Crippen molar-refractivity contribution in [3.8, 4) is 0 Å². The first kappa shape index (κ1) is 13.3. The SMILES string of the molecule is c1ccc([C@H]2Cc3ccncc3[C@@H](c3ccccc3)C2)cc1. The van der Waals surface area contributed by atoms with E-state index in [1.54, 1.807) is 0 Å². The summed E-state index contributed by atoms with van der Waals surface area (Å²) in [6, 6.07) is 24.0. The lowest BCUT2D eigenvalue weighted by Crippen LogP contribution is -2.18. The summed E-state index contributed by atoms with van der Waals surface area (Å²) in [6.45, 7) is 0. The second kappa shape index (κ2) is 5.76. The molecule has 0 bridgehead atoms. The lowest BCUT2D eigenvalue weighted by molar-refractivity contribution is 0.534. The highest BCUT2D eigenvalue weighted by molar-refractivity contribution is 5.41. The number of hydrogen-bond donors (Lipinski definition) is 0. The molecule has 0 aliphatic heterocycles. The van der Waals surface area contributed by atoms with Crippen LogP contribution in [0.15, 0.2) is 79.1 Å². The average molecular weight is 285 g/mol. The quantitative estimate of drug-likeness (QED) is 0.649. The first-order valence-corrected chi connectivity index (χ1v) is 7.94. The molecule has 0 spiro atoms. The Hall–Kier alpha value is -2.41. The van der Waals surface area contributed by atoms with Crippen LogP contribution in [0.3, 0.4) is 0 Å². The molecular formula is C21H19N. The summed E-state index contributed by atoms with van der Waals surface area (Å²) in [5.74, 6) is 1.03. The van der Waals surface area contributed by atoms with Crippen LogP contribution < -0.4 is 0 Å². The van der Waals surface area contributed by atoms with Gasteiger partial charge in [0.15, 0.2) is 0 Å². The molecule has 0 saturated heterocycles. The zero-order valence-corrected chi connectivity index (χ0v) is 12.5. The molecule has 22 heavy (non-hydrogen) atoms. The van der Waals surface area contributed by atoms with Gasteiger partial charge >= 0.3 is 0 Å². The van der Waals surface area contributed by atoms with E-state index in [4.69, 9.17) is 0 Å². The van der Waals surface area contributed by atoms with Crippen molar-refractivity contribution >= 4 is 0 Å². The van der Waals surface area contributed by atoms with E-state index in [1.165, 1.54) is 22.3 Å². The second-order valence-electron chi connectivity index (χ2n) is 6.09. The highest BCUT2D eigenvalue weighted by Gasteiger charge is 2.28. The standard InChI is InChI=1S/C21H19N/c1-3-7-16(8-4-1)19-13-18-11-12-22-15-21(18)20(14-19)17-9-5-2-6-10-17/h1-12,15,19-20H,13-14H2/t19-,20+/m0/s1. The average Bonchev–Trinajstić information content (AvgIpc) is 2.62. The van der Waals surface area contributed by atoms with E-state index >= 15 is 0 Å². The van der Waals surface area contributed by atoms with E-state index < -0.39 is 0 Å². The van der Waals surface area contributed by atoms with Crippen LogP contribution >= 0.6 is 0 Å². The van der Waals surface area contributed by atoms with Gasteiger partial charge in [-0.1, -0.05) is 60.7 Å². The Bertz CT molecular complexity index is 749. The minimum absolute atomic E-state index is 0.448. The molecule has 1 aliphatic rings. The number of benzene rings is 2. The molecule has 0 radical (unpaired) electrons. The van der Waals surface area contributed by atoms with Crippen LogP contribution in [-0.2, 0) is 6.42 Å². The van der Waals surface area contributed by atoms with Gasteiger partial charge in [-0.05, 0) is 47.1 Å². The Morgan fingerprint density at radius 3 is 2.18 bits per heavy atom. The van der Waals surface area contributed by atoms with E-state index in [-0.39, 0.29) is 0 Å². The fraction of sp³-hybridized carbons (Fsp3) is 0.190. The molecule has 0 saturated carbocycles. The fourth-order valence-corrected chi connectivity index (χ4v) is 3.68. The van der Waals surface area contributed by atoms with Gasteiger partial charge in [0.25, 0.3) is 0 Å². The van der Waals surface area contributed by atoms with E-state index in [9.17, 15) is 0 Å². The Balaban J connectivity index is 1.77. The smallest absolute Gasteiger partial charge is 0.0308 e. The zero-order chi connectivity index (χ0) is 14.8. The molecule has 1 heterocycles. The third-order valence-corrected chi connectivity index (χ3v) is 4.78. The zero-order valence-electron chi connectivity index (χ0n) is 12.5. The molecule has 1 nitrogen and oxygen atoms in total. The molecule has 108 valence electrons. The van der Waals surface area contributed by atoms with Gasteiger partial charge in [-0.2, -0.15) is 0 Å². The maximum atomic E-state index is 4.37. The van der Waals surface area contributed by atoms with Crippen LogP contribution in [0.5, 0.6) is 0 Å². The van der Waals surface area contributed by atoms with E-state index in [0.29, 0.717) is 11.8 Å². The fourth-order valence-electron chi connectivity index (χ4n) is 3.68. The molecule has 1 aromatic heterocycles. The largest absolute Gasteiger partial charge is 0.264 e. The van der Waals surface area contributed by atoms with Gasteiger partial charge in [0.1, 0.15) is 0 Å². The molecule has 0 fully saturated rings. The molecule has 0 amide bonds. The number of hydrogen-bond acceptors (Lipinski definition) is 1. The van der Waals surface area contributed by atoms with Crippen molar-refractivity contribution in [1.82, 2.24) is 4.98 Å². The maximum Gasteiger partial charge on any atom is 0.0308 e. The molecule has 4 rings (SSSR count). The van der Waals surface area contributed by atoms with Crippen molar-refractivity contribution < 1.29 is 0 Å². The van der Waals surface area contributed by atoms with Gasteiger partial charge in [0.2, 0.25) is 0 Å². The minimum Gasteiger partial charge on any atom is -0.264 e. The predicted molar refractivity (Wildman–Crippen MR) is 90.0 cm³/mol. The Labute approximate surface area is 131 Å². The molecular weight excluding hydrogens is 266 g/mol. The molecule has 0 unspecified atom stereocenters. The lowest BCUT2D eigenvalue weighted by Gasteiger charge is -2.32. The van der Waals surface area contributed by atoms with Gasteiger partial charge in [-0.15, -0.1) is 0 Å². The number of aromatic nitrogens is 1. The summed E-state index contributed by atoms with van der Waals surface area (Å²) in [7, 11) is 0. The van der Waals surface area contributed by atoms with E-state index in [0.717, 1.165) is 12.8 Å². The Kier molecular flexibility index (Phi) is 3.48. The monoisotopic (exact) mass is 285 g/mol. The van der Waals surface area contributed by atoms with Crippen LogP contribution in [0, 0.1) is 0 Å². The number of pyridine rings is 1. The first-order chi connectivity index (χ1) is 10.9. The van der Waals surface area contributed by atoms with Crippen LogP contribution in [0.25, 0.3) is 0 Å². The molecule has 2 atom stereocenters. The highest BCUT2D eigenvalue weighted by Crippen LogP contribution is 2.42. The third-order valence-electron chi connectivity index (χ3n) is 4.78. The summed E-state index contributed by atoms with van der Waals surface area (Å²) in [4.78, 5) is 4.37. The van der Waals surface area contributed by atoms with Crippen LogP contribution in [0.2, 0.25) is 0 Å². The molecule has 3 aromatic rings. The normalized spacial score (nSPS) is 20.4. The summed E-state index contributed by atoms with van der Waals surface area (Å²) in [6.07, 6.45) is 6.26. The van der Waals surface area contributed by atoms with Crippen molar-refractivity contribution in [2.24, 2.45) is 0 Å². The summed E-state index contributed by atoms with van der Waals surface area (Å²) < 4.78 is 0. The van der Waals surface area contributed by atoms with Crippen molar-refractivity contribution in [3.05, 3.63) is 101 Å². The Morgan fingerprint density at radius 2 is 1.45 bits per heavy atom. The van der Waals surface area contributed by atoms with Crippen molar-refractivity contribution in [1.29, 1.82) is 0 Å². The lowest BCUT2D eigenvalue weighted by atomic mass is 9.72. The van der Waals surface area contributed by atoms with Crippen LogP contribution in [0.4, 0.5) is 0 Å². The van der Waals surface area contributed by atoms with Gasteiger partial charge in [-0.3, -0.25) is 4.98 Å². The van der Waals surface area contributed by atoms with Gasteiger partial charge < -0.3 is 0 Å². The molecule has 0 N–H and O–H groups in total. The summed E-state index contributed by atoms with van der Waals surface area (Å²) >= 11 is 0. The highest BCUT2D eigenvalue weighted by atomic mass is 14.6. The number of rotatable bonds is 2. The summed E-state index contributed by atoms with van der Waals surface area (Å²) in [5.41, 5.74) is 5.70. The summed E-state index contributed by atoms with van der Waals surface area (Å²) in [5, 5.41) is 0. The second-order valence-corrected chi connectivity index (χ2v) is 6.09. The van der Waals surface area contributed by atoms with E-state index in [2.05, 4.69) is 77.9 Å². The molecule has 1 aliphatic carbocycles. The predicted octanol–water partition coefficient (Wildman–Crippen LogP) is 4.94. The van der Waals surface area contributed by atoms with Gasteiger partial charge in [0.05, 0.1) is 0 Å². The Morgan fingerprint density at radius 1 is 0.773 bits per heavy atom.